The quantitative estimate of drug-likeness (QED) is 0.774. The summed E-state index contributed by atoms with van der Waals surface area (Å²) in [5.74, 6) is 0.665. The van der Waals surface area contributed by atoms with Gasteiger partial charge in [-0.3, -0.25) is 9.78 Å². The van der Waals surface area contributed by atoms with E-state index in [1.54, 1.807) is 24.5 Å². The maximum Gasteiger partial charge on any atom is 0.260 e. The van der Waals surface area contributed by atoms with Crippen LogP contribution in [-0.4, -0.2) is 41.6 Å². The van der Waals surface area contributed by atoms with E-state index >= 15 is 0 Å². The van der Waals surface area contributed by atoms with Gasteiger partial charge >= 0.3 is 0 Å². The minimum atomic E-state index is -0.0194. The Balaban J connectivity index is 1.48. The highest BCUT2D eigenvalue weighted by atomic mass is 35.5. The molecule has 1 amide bonds. The molecule has 6 heteroatoms. The Bertz CT molecular complexity index is 739. The lowest BCUT2D eigenvalue weighted by molar-refractivity contribution is -0.137. The molecule has 0 N–H and O–H groups in total. The summed E-state index contributed by atoms with van der Waals surface area (Å²) in [4.78, 5) is 18.4. The first kappa shape index (κ1) is 18.7. The van der Waals surface area contributed by atoms with Gasteiger partial charge in [-0.2, -0.15) is 0 Å². The van der Waals surface area contributed by atoms with E-state index in [0.717, 1.165) is 30.5 Å². The molecular weight excluding hydrogens is 352 g/mol. The largest absolute Gasteiger partial charge is 0.483 e. The second kappa shape index (κ2) is 9.01. The van der Waals surface area contributed by atoms with Crippen LogP contribution in [0.25, 0.3) is 0 Å². The normalized spacial score (nSPS) is 17.2. The van der Waals surface area contributed by atoms with Crippen LogP contribution in [0.15, 0.2) is 42.7 Å². The van der Waals surface area contributed by atoms with Gasteiger partial charge in [0.25, 0.3) is 5.91 Å². The number of hydrogen-bond acceptors (Lipinski definition) is 4. The standard InChI is InChI=1S/C20H23ClN2O3/c1-15-10-17(21)6-7-19(15)26-14-20(24)23-9-3-5-18(12-23)25-13-16-4-2-8-22-11-16/h2,4,6-8,10-11,18H,3,5,9,12-14H2,1H3/t18-/m1/s1. The summed E-state index contributed by atoms with van der Waals surface area (Å²) in [5.41, 5.74) is 1.96. The highest BCUT2D eigenvalue weighted by Gasteiger charge is 2.24. The topological polar surface area (TPSA) is 51.7 Å². The van der Waals surface area contributed by atoms with Crippen molar-refractivity contribution in [1.29, 1.82) is 0 Å². The van der Waals surface area contributed by atoms with E-state index in [1.165, 1.54) is 0 Å². The molecule has 1 aliphatic heterocycles. The lowest BCUT2D eigenvalue weighted by Crippen LogP contribution is -2.45. The number of carbonyl (C=O) groups is 1. The lowest BCUT2D eigenvalue weighted by Gasteiger charge is -2.32. The van der Waals surface area contributed by atoms with Crippen molar-refractivity contribution in [2.24, 2.45) is 0 Å². The highest BCUT2D eigenvalue weighted by Crippen LogP contribution is 2.22. The fourth-order valence-electron chi connectivity index (χ4n) is 3.00. The number of ether oxygens (including phenoxy) is 2. The van der Waals surface area contributed by atoms with Crippen LogP contribution >= 0.6 is 11.6 Å². The zero-order valence-corrected chi connectivity index (χ0v) is 15.6. The van der Waals surface area contributed by atoms with Crippen molar-refractivity contribution in [2.45, 2.75) is 32.5 Å². The van der Waals surface area contributed by atoms with Crippen molar-refractivity contribution in [3.8, 4) is 5.75 Å². The number of carbonyl (C=O) groups excluding carboxylic acids is 1. The summed E-state index contributed by atoms with van der Waals surface area (Å²) < 4.78 is 11.6. The summed E-state index contributed by atoms with van der Waals surface area (Å²) in [7, 11) is 0. The van der Waals surface area contributed by atoms with Crippen molar-refractivity contribution in [1.82, 2.24) is 9.88 Å². The van der Waals surface area contributed by atoms with Crippen LogP contribution in [0.5, 0.6) is 5.75 Å². The smallest absolute Gasteiger partial charge is 0.260 e. The van der Waals surface area contributed by atoms with Crippen LogP contribution in [0, 0.1) is 6.92 Å². The fraction of sp³-hybridized carbons (Fsp3) is 0.400. The number of aromatic nitrogens is 1. The number of aryl methyl sites for hydroxylation is 1. The second-order valence-electron chi connectivity index (χ2n) is 6.47. The van der Waals surface area contributed by atoms with Crippen molar-refractivity contribution in [2.75, 3.05) is 19.7 Å². The molecule has 0 bridgehead atoms. The van der Waals surface area contributed by atoms with Gasteiger partial charge in [0, 0.05) is 30.5 Å². The Kier molecular flexibility index (Phi) is 6.47. The number of amides is 1. The average molecular weight is 375 g/mol. The molecule has 2 heterocycles. The van der Waals surface area contributed by atoms with E-state index in [-0.39, 0.29) is 18.6 Å². The molecule has 0 saturated carbocycles. The summed E-state index contributed by atoms with van der Waals surface area (Å²) in [6.07, 6.45) is 5.48. The molecule has 5 nitrogen and oxygen atoms in total. The van der Waals surface area contributed by atoms with Gasteiger partial charge in [-0.25, -0.2) is 0 Å². The van der Waals surface area contributed by atoms with E-state index in [0.29, 0.717) is 23.9 Å². The summed E-state index contributed by atoms with van der Waals surface area (Å²) in [6.45, 7) is 3.80. The van der Waals surface area contributed by atoms with Crippen molar-refractivity contribution >= 4 is 17.5 Å². The SMILES string of the molecule is Cc1cc(Cl)ccc1OCC(=O)N1CCC[C@@H](OCc2cccnc2)C1. The number of piperidine rings is 1. The zero-order chi connectivity index (χ0) is 18.4. The van der Waals surface area contributed by atoms with E-state index in [1.807, 2.05) is 30.0 Å². The van der Waals surface area contributed by atoms with Crippen molar-refractivity contribution in [3.05, 3.63) is 58.9 Å². The molecule has 1 aliphatic rings. The molecule has 0 spiro atoms. The highest BCUT2D eigenvalue weighted by molar-refractivity contribution is 6.30. The molecule has 0 radical (unpaired) electrons. The van der Waals surface area contributed by atoms with Gasteiger partial charge in [-0.15, -0.1) is 0 Å². The second-order valence-corrected chi connectivity index (χ2v) is 6.91. The third-order valence-corrected chi connectivity index (χ3v) is 4.66. The van der Waals surface area contributed by atoms with Crippen LogP contribution in [0.1, 0.15) is 24.0 Å². The molecular formula is C20H23ClN2O3. The minimum absolute atomic E-state index is 0.0194. The summed E-state index contributed by atoms with van der Waals surface area (Å²) >= 11 is 5.94. The first-order chi connectivity index (χ1) is 12.6. The molecule has 3 rings (SSSR count). The van der Waals surface area contributed by atoms with Gasteiger partial charge in [0.15, 0.2) is 6.61 Å². The number of halogens is 1. The third-order valence-electron chi connectivity index (χ3n) is 4.43. The Labute approximate surface area is 158 Å². The molecule has 1 saturated heterocycles. The lowest BCUT2D eigenvalue weighted by atomic mass is 10.1. The molecule has 1 fully saturated rings. The number of hydrogen-bond donors (Lipinski definition) is 0. The molecule has 2 aromatic rings. The van der Waals surface area contributed by atoms with Crippen LogP contribution in [0.3, 0.4) is 0 Å². The van der Waals surface area contributed by atoms with E-state index in [2.05, 4.69) is 4.98 Å². The fourth-order valence-corrected chi connectivity index (χ4v) is 3.23. The molecule has 1 aromatic carbocycles. The molecule has 138 valence electrons. The molecule has 0 aliphatic carbocycles. The Morgan fingerprint density at radius 2 is 2.27 bits per heavy atom. The summed E-state index contributed by atoms with van der Waals surface area (Å²) in [5, 5.41) is 0.658. The van der Waals surface area contributed by atoms with E-state index in [9.17, 15) is 4.79 Å². The van der Waals surface area contributed by atoms with Gasteiger partial charge in [0.05, 0.1) is 12.7 Å². The zero-order valence-electron chi connectivity index (χ0n) is 14.9. The maximum atomic E-state index is 12.5. The monoisotopic (exact) mass is 374 g/mol. The van der Waals surface area contributed by atoms with Crippen LogP contribution in [0.2, 0.25) is 5.02 Å². The predicted molar refractivity (Wildman–Crippen MR) is 100 cm³/mol. The van der Waals surface area contributed by atoms with Gasteiger partial charge < -0.3 is 14.4 Å². The average Bonchev–Trinajstić information content (AvgIpc) is 2.66. The van der Waals surface area contributed by atoms with Gasteiger partial charge in [0.1, 0.15) is 5.75 Å². The van der Waals surface area contributed by atoms with Gasteiger partial charge in [-0.05, 0) is 55.2 Å². The van der Waals surface area contributed by atoms with Gasteiger partial charge in [0.2, 0.25) is 0 Å². The first-order valence-corrected chi connectivity index (χ1v) is 9.17. The number of pyridine rings is 1. The van der Waals surface area contributed by atoms with Crippen LogP contribution < -0.4 is 4.74 Å². The molecule has 26 heavy (non-hydrogen) atoms. The molecule has 1 atom stereocenters. The molecule has 0 unspecified atom stereocenters. The molecule has 1 aromatic heterocycles. The van der Waals surface area contributed by atoms with Crippen molar-refractivity contribution < 1.29 is 14.3 Å². The van der Waals surface area contributed by atoms with E-state index in [4.69, 9.17) is 21.1 Å². The Morgan fingerprint density at radius 1 is 1.38 bits per heavy atom. The van der Waals surface area contributed by atoms with E-state index < -0.39 is 0 Å². The number of nitrogens with zero attached hydrogens (tertiary/aromatic N) is 2. The minimum Gasteiger partial charge on any atom is -0.483 e. The number of benzene rings is 1. The van der Waals surface area contributed by atoms with Gasteiger partial charge in [-0.1, -0.05) is 17.7 Å². The maximum absolute atomic E-state index is 12.5. The van der Waals surface area contributed by atoms with Crippen LogP contribution in [0.4, 0.5) is 0 Å². The Hall–Kier alpha value is -2.11. The Morgan fingerprint density at radius 3 is 3.04 bits per heavy atom. The predicted octanol–water partition coefficient (Wildman–Crippen LogP) is 3.63. The van der Waals surface area contributed by atoms with Crippen LogP contribution in [-0.2, 0) is 16.1 Å². The number of rotatable bonds is 6. The summed E-state index contributed by atoms with van der Waals surface area (Å²) in [6, 6.07) is 9.26. The number of likely N-dealkylation sites (tertiary alicyclic amines) is 1. The van der Waals surface area contributed by atoms with Crippen molar-refractivity contribution in [3.63, 3.8) is 0 Å². The third kappa shape index (κ3) is 5.19. The first-order valence-electron chi connectivity index (χ1n) is 8.79.